The average Bonchev–Trinajstić information content (AvgIpc) is 2.30. The normalized spacial score (nSPS) is 13.8. The number of carboxylic acids is 1. The van der Waals surface area contributed by atoms with Crippen molar-refractivity contribution in [3.05, 3.63) is 28.7 Å². The minimum absolute atomic E-state index is 0.299. The molecule has 1 aromatic rings. The zero-order chi connectivity index (χ0) is 13.0. The third-order valence-electron chi connectivity index (χ3n) is 2.68. The van der Waals surface area contributed by atoms with Crippen LogP contribution in [0.25, 0.3) is 0 Å². The minimum Gasteiger partial charge on any atom is -0.481 e. The van der Waals surface area contributed by atoms with Crippen molar-refractivity contribution >= 4 is 33.5 Å². The Labute approximate surface area is 108 Å². The SMILES string of the molecule is CC(C(=O)O)C(C)C(=O)Nc1ccccc1Br. The number of hydrogen-bond acceptors (Lipinski definition) is 2. The Balaban J connectivity index is 2.73. The van der Waals surface area contributed by atoms with Gasteiger partial charge in [-0.25, -0.2) is 0 Å². The highest BCUT2D eigenvalue weighted by Gasteiger charge is 2.25. The Bertz CT molecular complexity index is 434. The van der Waals surface area contributed by atoms with E-state index in [9.17, 15) is 9.59 Å². The number of rotatable bonds is 4. The number of amides is 1. The summed E-state index contributed by atoms with van der Waals surface area (Å²) in [4.78, 5) is 22.6. The van der Waals surface area contributed by atoms with E-state index in [0.717, 1.165) is 4.47 Å². The van der Waals surface area contributed by atoms with Crippen LogP contribution in [0.2, 0.25) is 0 Å². The molecule has 1 amide bonds. The van der Waals surface area contributed by atoms with Crippen LogP contribution >= 0.6 is 15.9 Å². The molecule has 4 nitrogen and oxygen atoms in total. The zero-order valence-corrected chi connectivity index (χ0v) is 11.2. The monoisotopic (exact) mass is 299 g/mol. The van der Waals surface area contributed by atoms with Crippen LogP contribution in [0.15, 0.2) is 28.7 Å². The van der Waals surface area contributed by atoms with E-state index in [1.807, 2.05) is 6.07 Å². The predicted molar refractivity (Wildman–Crippen MR) is 68.7 cm³/mol. The van der Waals surface area contributed by atoms with Crippen molar-refractivity contribution in [3.8, 4) is 0 Å². The molecule has 1 aromatic carbocycles. The number of para-hydroxylation sites is 1. The fourth-order valence-electron chi connectivity index (χ4n) is 1.25. The Morgan fingerprint density at radius 3 is 2.35 bits per heavy atom. The standard InChI is InChI=1S/C12H14BrNO3/c1-7(8(2)12(16)17)11(15)14-10-6-4-3-5-9(10)13/h3-8H,1-2H3,(H,14,15)(H,16,17). The molecule has 0 aliphatic heterocycles. The molecule has 2 atom stereocenters. The van der Waals surface area contributed by atoms with Gasteiger partial charge in [0.05, 0.1) is 11.6 Å². The molecule has 0 spiro atoms. The Morgan fingerprint density at radius 1 is 1.24 bits per heavy atom. The Hall–Kier alpha value is -1.36. The summed E-state index contributed by atoms with van der Waals surface area (Å²) in [5.41, 5.74) is 0.641. The van der Waals surface area contributed by atoms with Gasteiger partial charge in [0.2, 0.25) is 5.91 Å². The fraction of sp³-hybridized carbons (Fsp3) is 0.333. The summed E-state index contributed by atoms with van der Waals surface area (Å²) < 4.78 is 0.767. The Morgan fingerprint density at radius 2 is 1.82 bits per heavy atom. The van der Waals surface area contributed by atoms with Crippen LogP contribution in [0.1, 0.15) is 13.8 Å². The van der Waals surface area contributed by atoms with Gasteiger partial charge in [0.1, 0.15) is 0 Å². The molecule has 0 bridgehead atoms. The minimum atomic E-state index is -0.972. The molecule has 5 heteroatoms. The second kappa shape index (κ2) is 5.82. The summed E-state index contributed by atoms with van der Waals surface area (Å²) in [6, 6.07) is 7.19. The maximum Gasteiger partial charge on any atom is 0.307 e. The van der Waals surface area contributed by atoms with E-state index < -0.39 is 17.8 Å². The highest BCUT2D eigenvalue weighted by atomic mass is 79.9. The molecule has 1 rings (SSSR count). The van der Waals surface area contributed by atoms with Gasteiger partial charge >= 0.3 is 5.97 Å². The smallest absolute Gasteiger partial charge is 0.307 e. The molecule has 0 aromatic heterocycles. The molecule has 0 radical (unpaired) electrons. The fourth-order valence-corrected chi connectivity index (χ4v) is 1.63. The van der Waals surface area contributed by atoms with Crippen LogP contribution in [-0.2, 0) is 9.59 Å². The highest BCUT2D eigenvalue weighted by Crippen LogP contribution is 2.23. The molecule has 17 heavy (non-hydrogen) atoms. The number of carbonyl (C=O) groups excluding carboxylic acids is 1. The van der Waals surface area contributed by atoms with E-state index in [-0.39, 0.29) is 5.91 Å². The number of halogens is 1. The van der Waals surface area contributed by atoms with Crippen molar-refractivity contribution in [1.82, 2.24) is 0 Å². The first-order chi connectivity index (χ1) is 7.93. The number of nitrogens with one attached hydrogen (secondary N) is 1. The molecule has 2 N–H and O–H groups in total. The lowest BCUT2D eigenvalue weighted by atomic mass is 9.95. The largest absolute Gasteiger partial charge is 0.481 e. The molecule has 0 heterocycles. The average molecular weight is 300 g/mol. The summed E-state index contributed by atoms with van der Waals surface area (Å²) in [6.07, 6.45) is 0. The van der Waals surface area contributed by atoms with Gasteiger partial charge in [-0.3, -0.25) is 9.59 Å². The first-order valence-corrected chi connectivity index (χ1v) is 6.01. The summed E-state index contributed by atoms with van der Waals surface area (Å²) >= 11 is 3.31. The van der Waals surface area contributed by atoms with Crippen LogP contribution in [-0.4, -0.2) is 17.0 Å². The zero-order valence-electron chi connectivity index (χ0n) is 9.61. The number of anilines is 1. The van der Waals surface area contributed by atoms with Crippen LogP contribution in [0, 0.1) is 11.8 Å². The summed E-state index contributed by atoms with van der Waals surface area (Å²) in [5, 5.41) is 11.5. The van der Waals surface area contributed by atoms with Crippen LogP contribution < -0.4 is 5.32 Å². The molecule has 0 saturated carbocycles. The van der Waals surface area contributed by atoms with Gasteiger partial charge in [0, 0.05) is 10.4 Å². The van der Waals surface area contributed by atoms with Gasteiger partial charge in [-0.05, 0) is 28.1 Å². The first-order valence-electron chi connectivity index (χ1n) is 5.21. The summed E-state index contributed by atoms with van der Waals surface area (Å²) in [7, 11) is 0. The lowest BCUT2D eigenvalue weighted by Gasteiger charge is -2.16. The molecular weight excluding hydrogens is 286 g/mol. The summed E-state index contributed by atoms with van der Waals surface area (Å²) in [6.45, 7) is 3.12. The number of carboxylic acid groups (broad SMARTS) is 1. The first kappa shape index (κ1) is 13.7. The molecule has 2 unspecified atom stereocenters. The number of benzene rings is 1. The maximum absolute atomic E-state index is 11.8. The van der Waals surface area contributed by atoms with E-state index in [4.69, 9.17) is 5.11 Å². The number of hydrogen-bond donors (Lipinski definition) is 2. The lowest BCUT2D eigenvalue weighted by molar-refractivity contribution is -0.145. The lowest BCUT2D eigenvalue weighted by Crippen LogP contribution is -2.30. The molecule has 0 fully saturated rings. The van der Waals surface area contributed by atoms with E-state index in [0.29, 0.717) is 5.69 Å². The van der Waals surface area contributed by atoms with Gasteiger partial charge in [-0.1, -0.05) is 26.0 Å². The van der Waals surface area contributed by atoms with Crippen LogP contribution in [0.3, 0.4) is 0 Å². The molecular formula is C12H14BrNO3. The molecule has 0 aliphatic carbocycles. The van der Waals surface area contributed by atoms with Crippen molar-refractivity contribution < 1.29 is 14.7 Å². The molecule has 0 aliphatic rings. The van der Waals surface area contributed by atoms with Crippen LogP contribution in [0.4, 0.5) is 5.69 Å². The Kier molecular flexibility index (Phi) is 4.69. The van der Waals surface area contributed by atoms with E-state index in [1.54, 1.807) is 25.1 Å². The van der Waals surface area contributed by atoms with E-state index in [1.165, 1.54) is 6.92 Å². The summed E-state index contributed by atoms with van der Waals surface area (Å²) in [5.74, 6) is -2.57. The third-order valence-corrected chi connectivity index (χ3v) is 3.38. The van der Waals surface area contributed by atoms with E-state index >= 15 is 0 Å². The van der Waals surface area contributed by atoms with Crippen molar-refractivity contribution in [2.75, 3.05) is 5.32 Å². The molecule has 0 saturated heterocycles. The van der Waals surface area contributed by atoms with Crippen LogP contribution in [0.5, 0.6) is 0 Å². The van der Waals surface area contributed by atoms with Crippen molar-refractivity contribution in [1.29, 1.82) is 0 Å². The number of carbonyl (C=O) groups is 2. The van der Waals surface area contributed by atoms with Gasteiger partial charge in [0.15, 0.2) is 0 Å². The highest BCUT2D eigenvalue weighted by molar-refractivity contribution is 9.10. The topological polar surface area (TPSA) is 66.4 Å². The van der Waals surface area contributed by atoms with E-state index in [2.05, 4.69) is 21.2 Å². The predicted octanol–water partition coefficient (Wildman–Crippen LogP) is 2.74. The third kappa shape index (κ3) is 3.56. The quantitative estimate of drug-likeness (QED) is 0.898. The van der Waals surface area contributed by atoms with Gasteiger partial charge < -0.3 is 10.4 Å². The molecule has 92 valence electrons. The van der Waals surface area contributed by atoms with Gasteiger partial charge in [-0.2, -0.15) is 0 Å². The number of aliphatic carboxylic acids is 1. The van der Waals surface area contributed by atoms with Crippen molar-refractivity contribution in [2.45, 2.75) is 13.8 Å². The van der Waals surface area contributed by atoms with Gasteiger partial charge in [-0.15, -0.1) is 0 Å². The van der Waals surface area contributed by atoms with Gasteiger partial charge in [0.25, 0.3) is 0 Å². The second-order valence-electron chi connectivity index (χ2n) is 3.88. The maximum atomic E-state index is 11.8. The van der Waals surface area contributed by atoms with Crippen molar-refractivity contribution in [3.63, 3.8) is 0 Å². The second-order valence-corrected chi connectivity index (χ2v) is 4.74. The van der Waals surface area contributed by atoms with Crippen molar-refractivity contribution in [2.24, 2.45) is 11.8 Å².